The molecule has 1 aromatic rings. The summed E-state index contributed by atoms with van der Waals surface area (Å²) in [6, 6.07) is 1.27. The molecule has 1 rings (SSSR count). The molecule has 19 heavy (non-hydrogen) atoms. The minimum atomic E-state index is -4.15. The van der Waals surface area contributed by atoms with Gasteiger partial charge in [-0.05, 0) is 25.5 Å². The van der Waals surface area contributed by atoms with Crippen molar-refractivity contribution in [3.8, 4) is 0 Å². The minimum absolute atomic E-state index is 0.0301. The van der Waals surface area contributed by atoms with Gasteiger partial charge in [-0.2, -0.15) is 0 Å². The molecule has 0 atom stereocenters. The zero-order valence-electron chi connectivity index (χ0n) is 10.7. The maximum Gasteiger partial charge on any atom is 0.328 e. The number of anilines is 1. The number of carbonyl (C=O) groups excluding carboxylic acids is 1. The lowest BCUT2D eigenvalue weighted by molar-refractivity contribution is 0.246. The molecule has 2 amide bonds. The predicted molar refractivity (Wildman–Crippen MR) is 69.6 cm³/mol. The number of amides is 2. The molecule has 0 saturated heterocycles. The van der Waals surface area contributed by atoms with Crippen molar-refractivity contribution in [1.29, 1.82) is 0 Å². The maximum absolute atomic E-state index is 13.4. The van der Waals surface area contributed by atoms with E-state index in [2.05, 4.69) is 5.32 Å². The second-order valence-electron chi connectivity index (χ2n) is 3.99. The van der Waals surface area contributed by atoms with Crippen molar-refractivity contribution in [1.82, 2.24) is 10.0 Å². The molecule has 4 N–H and O–H groups in total. The van der Waals surface area contributed by atoms with Crippen molar-refractivity contribution in [2.45, 2.75) is 25.2 Å². The van der Waals surface area contributed by atoms with Crippen molar-refractivity contribution in [3.63, 3.8) is 0 Å². The number of nitrogen functional groups attached to an aromatic ring is 1. The van der Waals surface area contributed by atoms with E-state index >= 15 is 0 Å². The fraction of sp³-hybridized carbons (Fsp3) is 0.364. The number of benzene rings is 1. The molecule has 0 aliphatic heterocycles. The highest BCUT2D eigenvalue weighted by atomic mass is 32.2. The van der Waals surface area contributed by atoms with E-state index in [1.165, 1.54) is 6.92 Å². The molecular weight excluding hydrogens is 273 g/mol. The van der Waals surface area contributed by atoms with E-state index in [4.69, 9.17) is 5.73 Å². The van der Waals surface area contributed by atoms with Crippen LogP contribution in [0.5, 0.6) is 0 Å². The number of urea groups is 1. The Morgan fingerprint density at radius 1 is 1.42 bits per heavy atom. The normalized spacial score (nSPS) is 11.1. The number of halogens is 1. The first-order valence-corrected chi connectivity index (χ1v) is 7.12. The molecular formula is C11H16FN3O3S. The van der Waals surface area contributed by atoms with E-state index in [0.717, 1.165) is 12.1 Å². The lowest BCUT2D eigenvalue weighted by atomic mass is 10.2. The third-order valence-electron chi connectivity index (χ3n) is 2.37. The van der Waals surface area contributed by atoms with E-state index < -0.39 is 21.9 Å². The Bertz CT molecular complexity index is 587. The number of sulfonamides is 1. The SMILES string of the molecule is CCCNC(=O)NS(=O)(=O)c1cc(N)cc(F)c1C. The maximum atomic E-state index is 13.4. The Hall–Kier alpha value is -1.83. The van der Waals surface area contributed by atoms with E-state index in [1.807, 2.05) is 6.92 Å². The van der Waals surface area contributed by atoms with Gasteiger partial charge in [0.15, 0.2) is 0 Å². The number of hydrogen-bond donors (Lipinski definition) is 3. The predicted octanol–water partition coefficient (Wildman–Crippen LogP) is 1.11. The largest absolute Gasteiger partial charge is 0.399 e. The first kappa shape index (κ1) is 15.2. The fourth-order valence-corrected chi connectivity index (χ4v) is 2.62. The smallest absolute Gasteiger partial charge is 0.328 e. The molecule has 0 unspecified atom stereocenters. The van der Waals surface area contributed by atoms with Gasteiger partial charge >= 0.3 is 6.03 Å². The summed E-state index contributed by atoms with van der Waals surface area (Å²) in [5.41, 5.74) is 5.28. The van der Waals surface area contributed by atoms with Gasteiger partial charge < -0.3 is 11.1 Å². The third-order valence-corrected chi connectivity index (χ3v) is 3.83. The van der Waals surface area contributed by atoms with Crippen LogP contribution in [0, 0.1) is 12.7 Å². The van der Waals surface area contributed by atoms with Gasteiger partial charge in [-0.3, -0.25) is 0 Å². The van der Waals surface area contributed by atoms with Crippen LogP contribution < -0.4 is 15.8 Å². The highest BCUT2D eigenvalue weighted by molar-refractivity contribution is 7.90. The summed E-state index contributed by atoms with van der Waals surface area (Å²) in [5, 5.41) is 2.35. The van der Waals surface area contributed by atoms with Crippen LogP contribution >= 0.6 is 0 Å². The van der Waals surface area contributed by atoms with E-state index in [1.54, 1.807) is 4.72 Å². The summed E-state index contributed by atoms with van der Waals surface area (Å²) in [4.78, 5) is 11.0. The molecule has 6 nitrogen and oxygen atoms in total. The second kappa shape index (κ2) is 5.87. The summed E-state index contributed by atoms with van der Waals surface area (Å²) in [7, 11) is -4.15. The van der Waals surface area contributed by atoms with E-state index in [9.17, 15) is 17.6 Å². The molecule has 106 valence electrons. The Balaban J connectivity index is 3.04. The van der Waals surface area contributed by atoms with Gasteiger partial charge in [0.2, 0.25) is 0 Å². The topological polar surface area (TPSA) is 101 Å². The van der Waals surface area contributed by atoms with Crippen LogP contribution in [0.1, 0.15) is 18.9 Å². The number of rotatable bonds is 4. The quantitative estimate of drug-likeness (QED) is 0.723. The standard InChI is InChI=1S/C11H16FN3O3S/c1-3-4-14-11(16)15-19(17,18)10-6-8(13)5-9(12)7(10)2/h5-6H,3-4,13H2,1-2H3,(H2,14,15,16). The number of nitrogens with one attached hydrogen (secondary N) is 2. The van der Waals surface area contributed by atoms with Crippen LogP contribution in [0.4, 0.5) is 14.9 Å². The van der Waals surface area contributed by atoms with Crippen molar-refractivity contribution < 1.29 is 17.6 Å². The van der Waals surface area contributed by atoms with Gasteiger partial charge in [0.1, 0.15) is 5.82 Å². The molecule has 0 saturated carbocycles. The Kier molecular flexibility index (Phi) is 4.71. The van der Waals surface area contributed by atoms with Crippen molar-refractivity contribution in [3.05, 3.63) is 23.5 Å². The van der Waals surface area contributed by atoms with Crippen LogP contribution in [0.2, 0.25) is 0 Å². The van der Waals surface area contributed by atoms with Crippen molar-refractivity contribution >= 4 is 21.7 Å². The number of carbonyl (C=O) groups is 1. The van der Waals surface area contributed by atoms with Gasteiger partial charge in [-0.1, -0.05) is 6.92 Å². The lowest BCUT2D eigenvalue weighted by Gasteiger charge is -2.11. The monoisotopic (exact) mass is 289 g/mol. The highest BCUT2D eigenvalue weighted by Crippen LogP contribution is 2.21. The van der Waals surface area contributed by atoms with Gasteiger partial charge in [-0.15, -0.1) is 0 Å². The summed E-state index contributed by atoms with van der Waals surface area (Å²) in [5.74, 6) is -0.741. The number of hydrogen-bond acceptors (Lipinski definition) is 4. The number of nitrogens with two attached hydrogens (primary N) is 1. The van der Waals surface area contributed by atoms with Crippen LogP contribution in [0.25, 0.3) is 0 Å². The zero-order chi connectivity index (χ0) is 14.6. The van der Waals surface area contributed by atoms with Gasteiger partial charge in [0, 0.05) is 17.8 Å². The Labute approximate surface area is 111 Å². The van der Waals surface area contributed by atoms with Crippen LogP contribution in [0.15, 0.2) is 17.0 Å². The fourth-order valence-electron chi connectivity index (χ4n) is 1.40. The molecule has 0 bridgehead atoms. The molecule has 8 heteroatoms. The summed E-state index contributed by atoms with van der Waals surface area (Å²) >= 11 is 0. The van der Waals surface area contributed by atoms with Crippen LogP contribution in [-0.2, 0) is 10.0 Å². The highest BCUT2D eigenvalue weighted by Gasteiger charge is 2.22. The van der Waals surface area contributed by atoms with Gasteiger partial charge in [0.25, 0.3) is 10.0 Å². The zero-order valence-corrected chi connectivity index (χ0v) is 11.5. The summed E-state index contributed by atoms with van der Waals surface area (Å²) in [6.45, 7) is 3.46. The molecule has 1 aromatic carbocycles. The molecule has 0 aromatic heterocycles. The van der Waals surface area contributed by atoms with E-state index in [-0.39, 0.29) is 16.1 Å². The van der Waals surface area contributed by atoms with Crippen molar-refractivity contribution in [2.24, 2.45) is 0 Å². The molecule has 0 aliphatic carbocycles. The Morgan fingerprint density at radius 2 is 2.05 bits per heavy atom. The second-order valence-corrected chi connectivity index (χ2v) is 5.64. The van der Waals surface area contributed by atoms with Gasteiger partial charge in [0.05, 0.1) is 4.90 Å². The van der Waals surface area contributed by atoms with Crippen LogP contribution in [0.3, 0.4) is 0 Å². The molecule has 0 fully saturated rings. The average Bonchev–Trinajstić information content (AvgIpc) is 2.30. The summed E-state index contributed by atoms with van der Waals surface area (Å²) < 4.78 is 39.1. The first-order valence-electron chi connectivity index (χ1n) is 5.64. The summed E-state index contributed by atoms with van der Waals surface area (Å²) in [6.07, 6.45) is 0.666. The van der Waals surface area contributed by atoms with Gasteiger partial charge in [-0.25, -0.2) is 22.3 Å². The first-order chi connectivity index (χ1) is 8.77. The average molecular weight is 289 g/mol. The molecule has 0 radical (unpaired) electrons. The molecule has 0 spiro atoms. The molecule has 0 heterocycles. The van der Waals surface area contributed by atoms with E-state index in [0.29, 0.717) is 13.0 Å². The lowest BCUT2D eigenvalue weighted by Crippen LogP contribution is -2.39. The van der Waals surface area contributed by atoms with Crippen LogP contribution in [-0.4, -0.2) is 21.0 Å². The molecule has 0 aliphatic rings. The minimum Gasteiger partial charge on any atom is -0.399 e. The van der Waals surface area contributed by atoms with Crippen molar-refractivity contribution in [2.75, 3.05) is 12.3 Å². The third kappa shape index (κ3) is 3.82. The Morgan fingerprint density at radius 3 is 2.63 bits per heavy atom.